The number of carbonyl (C=O) groups excluding carboxylic acids is 1. The van der Waals surface area contributed by atoms with E-state index in [-0.39, 0.29) is 12.3 Å². The van der Waals surface area contributed by atoms with Gasteiger partial charge in [0.1, 0.15) is 11.3 Å². The number of aliphatic carboxylic acids is 1. The smallest absolute Gasteiger partial charge is 0.307 e. The monoisotopic (exact) mass is 309 g/mol. The van der Waals surface area contributed by atoms with Crippen LogP contribution in [0.1, 0.15) is 21.6 Å². The Labute approximate surface area is 132 Å². The molecule has 0 saturated carbocycles. The number of carbonyl (C=O) groups is 2. The Hall–Kier alpha value is -3.15. The van der Waals surface area contributed by atoms with Crippen molar-refractivity contribution in [3.05, 3.63) is 65.6 Å². The molecule has 116 valence electrons. The Bertz CT molecular complexity index is 882. The van der Waals surface area contributed by atoms with Crippen LogP contribution in [0, 0.1) is 6.92 Å². The van der Waals surface area contributed by atoms with Crippen LogP contribution in [0.2, 0.25) is 0 Å². The zero-order valence-electron chi connectivity index (χ0n) is 12.5. The highest BCUT2D eigenvalue weighted by atomic mass is 16.4. The summed E-state index contributed by atoms with van der Waals surface area (Å²) in [6.45, 7) is 1.97. The van der Waals surface area contributed by atoms with Crippen LogP contribution in [0.25, 0.3) is 5.65 Å². The van der Waals surface area contributed by atoms with Crippen molar-refractivity contribution < 1.29 is 14.7 Å². The summed E-state index contributed by atoms with van der Waals surface area (Å²) in [6, 6.07) is 10.6. The fourth-order valence-corrected chi connectivity index (χ4v) is 2.27. The Kier molecular flexibility index (Phi) is 3.80. The predicted octanol–water partition coefficient (Wildman–Crippen LogP) is 2.52. The molecule has 2 heterocycles. The number of anilines is 1. The number of amides is 1. The normalized spacial score (nSPS) is 10.7. The van der Waals surface area contributed by atoms with Crippen LogP contribution in [-0.4, -0.2) is 26.4 Å². The number of nitrogens with one attached hydrogen (secondary N) is 1. The summed E-state index contributed by atoms with van der Waals surface area (Å²) >= 11 is 0. The first-order valence-electron chi connectivity index (χ1n) is 7.09. The van der Waals surface area contributed by atoms with E-state index in [0.29, 0.717) is 22.6 Å². The van der Waals surface area contributed by atoms with Gasteiger partial charge >= 0.3 is 5.97 Å². The molecule has 1 aromatic carbocycles. The van der Waals surface area contributed by atoms with Crippen molar-refractivity contribution in [1.29, 1.82) is 0 Å². The SMILES string of the molecule is Cc1ccn2cc(C(=O)Nc3ccc(CC(=O)O)cc3)nc2c1. The lowest BCUT2D eigenvalue weighted by molar-refractivity contribution is -0.136. The number of benzene rings is 1. The molecule has 6 nitrogen and oxygen atoms in total. The van der Waals surface area contributed by atoms with Gasteiger partial charge in [-0.25, -0.2) is 4.98 Å². The van der Waals surface area contributed by atoms with E-state index < -0.39 is 5.97 Å². The minimum Gasteiger partial charge on any atom is -0.481 e. The third-order valence-corrected chi connectivity index (χ3v) is 3.42. The topological polar surface area (TPSA) is 83.7 Å². The van der Waals surface area contributed by atoms with E-state index in [1.807, 2.05) is 25.3 Å². The molecule has 0 bridgehead atoms. The summed E-state index contributed by atoms with van der Waals surface area (Å²) in [5.74, 6) is -1.20. The Morgan fingerprint density at radius 2 is 1.96 bits per heavy atom. The zero-order chi connectivity index (χ0) is 16.4. The molecule has 0 fully saturated rings. The van der Waals surface area contributed by atoms with Gasteiger partial charge in [-0.2, -0.15) is 0 Å². The fraction of sp³-hybridized carbons (Fsp3) is 0.118. The first-order chi connectivity index (χ1) is 11.0. The van der Waals surface area contributed by atoms with Gasteiger partial charge in [-0.1, -0.05) is 12.1 Å². The fourth-order valence-electron chi connectivity index (χ4n) is 2.27. The number of hydrogen-bond acceptors (Lipinski definition) is 3. The number of carboxylic acids is 1. The lowest BCUT2D eigenvalue weighted by Gasteiger charge is -2.04. The molecule has 0 aliphatic rings. The van der Waals surface area contributed by atoms with E-state index in [9.17, 15) is 9.59 Å². The molecule has 0 atom stereocenters. The van der Waals surface area contributed by atoms with Crippen molar-refractivity contribution in [2.75, 3.05) is 5.32 Å². The highest BCUT2D eigenvalue weighted by Gasteiger charge is 2.11. The van der Waals surface area contributed by atoms with Crippen LogP contribution in [0.3, 0.4) is 0 Å². The highest BCUT2D eigenvalue weighted by Crippen LogP contribution is 2.13. The zero-order valence-corrected chi connectivity index (χ0v) is 12.5. The first-order valence-corrected chi connectivity index (χ1v) is 7.09. The van der Waals surface area contributed by atoms with Gasteiger partial charge in [0.25, 0.3) is 5.91 Å². The summed E-state index contributed by atoms with van der Waals surface area (Å²) in [4.78, 5) is 27.2. The maximum atomic E-state index is 12.3. The molecule has 0 radical (unpaired) electrons. The van der Waals surface area contributed by atoms with Gasteiger partial charge in [0, 0.05) is 18.1 Å². The van der Waals surface area contributed by atoms with Gasteiger partial charge in [0.05, 0.1) is 6.42 Å². The lowest BCUT2D eigenvalue weighted by atomic mass is 10.1. The summed E-state index contributed by atoms with van der Waals surface area (Å²) in [5.41, 5.74) is 3.39. The van der Waals surface area contributed by atoms with Crippen LogP contribution in [0.4, 0.5) is 5.69 Å². The average Bonchev–Trinajstić information content (AvgIpc) is 2.92. The van der Waals surface area contributed by atoms with Gasteiger partial charge in [0.2, 0.25) is 0 Å². The number of fused-ring (bicyclic) bond motifs is 1. The Morgan fingerprint density at radius 1 is 1.22 bits per heavy atom. The number of rotatable bonds is 4. The average molecular weight is 309 g/mol. The summed E-state index contributed by atoms with van der Waals surface area (Å²) in [5, 5.41) is 11.5. The molecule has 3 aromatic rings. The minimum absolute atomic E-state index is 0.0417. The first kappa shape index (κ1) is 14.8. The second-order valence-electron chi connectivity index (χ2n) is 5.32. The molecule has 0 spiro atoms. The molecular formula is C17H15N3O3. The number of hydrogen-bond donors (Lipinski definition) is 2. The van der Waals surface area contributed by atoms with Gasteiger partial charge in [-0.3, -0.25) is 9.59 Å². The molecular weight excluding hydrogens is 294 g/mol. The molecule has 23 heavy (non-hydrogen) atoms. The number of imidazole rings is 1. The maximum absolute atomic E-state index is 12.3. The Balaban J connectivity index is 1.76. The Morgan fingerprint density at radius 3 is 2.65 bits per heavy atom. The van der Waals surface area contributed by atoms with E-state index >= 15 is 0 Å². The van der Waals surface area contributed by atoms with Gasteiger partial charge < -0.3 is 14.8 Å². The van der Waals surface area contributed by atoms with Crippen LogP contribution >= 0.6 is 0 Å². The second-order valence-corrected chi connectivity index (χ2v) is 5.32. The largest absolute Gasteiger partial charge is 0.481 e. The number of aryl methyl sites for hydroxylation is 1. The molecule has 2 aromatic heterocycles. The van der Waals surface area contributed by atoms with Gasteiger partial charge in [-0.15, -0.1) is 0 Å². The number of aromatic nitrogens is 2. The van der Waals surface area contributed by atoms with Crippen molar-refractivity contribution in [3.8, 4) is 0 Å². The number of carboxylic acid groups (broad SMARTS) is 1. The van der Waals surface area contributed by atoms with E-state index in [1.54, 1.807) is 34.9 Å². The quantitative estimate of drug-likeness (QED) is 0.775. The summed E-state index contributed by atoms with van der Waals surface area (Å²) < 4.78 is 1.79. The van der Waals surface area contributed by atoms with E-state index in [2.05, 4.69) is 10.3 Å². The van der Waals surface area contributed by atoms with Crippen molar-refractivity contribution in [2.24, 2.45) is 0 Å². The molecule has 0 saturated heterocycles. The number of pyridine rings is 1. The van der Waals surface area contributed by atoms with Crippen molar-refractivity contribution in [3.63, 3.8) is 0 Å². The van der Waals surface area contributed by atoms with Crippen molar-refractivity contribution in [1.82, 2.24) is 9.38 Å². The lowest BCUT2D eigenvalue weighted by Crippen LogP contribution is -2.12. The molecule has 2 N–H and O–H groups in total. The van der Waals surface area contributed by atoms with Crippen molar-refractivity contribution in [2.45, 2.75) is 13.3 Å². The van der Waals surface area contributed by atoms with E-state index in [4.69, 9.17) is 5.11 Å². The summed E-state index contributed by atoms with van der Waals surface area (Å²) in [6.07, 6.45) is 3.48. The van der Waals surface area contributed by atoms with Crippen LogP contribution in [0.5, 0.6) is 0 Å². The standard InChI is InChI=1S/C17H15N3O3/c1-11-6-7-20-10-14(19-15(20)8-11)17(23)18-13-4-2-12(3-5-13)9-16(21)22/h2-8,10H,9H2,1H3,(H,18,23)(H,21,22). The molecule has 0 aliphatic heterocycles. The second kappa shape index (κ2) is 5.92. The molecule has 0 unspecified atom stereocenters. The van der Waals surface area contributed by atoms with Crippen LogP contribution in [0.15, 0.2) is 48.8 Å². The van der Waals surface area contributed by atoms with Crippen molar-refractivity contribution >= 4 is 23.2 Å². The molecule has 0 aliphatic carbocycles. The van der Waals surface area contributed by atoms with E-state index in [0.717, 1.165) is 5.56 Å². The molecule has 6 heteroatoms. The van der Waals surface area contributed by atoms with E-state index in [1.165, 1.54) is 0 Å². The van der Waals surface area contributed by atoms with Gasteiger partial charge in [0.15, 0.2) is 0 Å². The maximum Gasteiger partial charge on any atom is 0.307 e. The molecule has 1 amide bonds. The summed E-state index contributed by atoms with van der Waals surface area (Å²) in [7, 11) is 0. The van der Waals surface area contributed by atoms with Crippen LogP contribution in [-0.2, 0) is 11.2 Å². The third kappa shape index (κ3) is 3.37. The third-order valence-electron chi connectivity index (χ3n) is 3.42. The number of nitrogens with zero attached hydrogens (tertiary/aromatic N) is 2. The molecule has 3 rings (SSSR count). The highest BCUT2D eigenvalue weighted by molar-refractivity contribution is 6.03. The van der Waals surface area contributed by atoms with Gasteiger partial charge in [-0.05, 0) is 42.3 Å². The van der Waals surface area contributed by atoms with Crippen LogP contribution < -0.4 is 5.32 Å². The predicted molar refractivity (Wildman–Crippen MR) is 85.7 cm³/mol. The minimum atomic E-state index is -0.887.